The summed E-state index contributed by atoms with van der Waals surface area (Å²) in [7, 11) is 2.55. The minimum atomic E-state index is -0.245. The molecule has 0 amide bonds. The minimum absolute atomic E-state index is 0.245. The molecule has 0 aromatic rings. The van der Waals surface area contributed by atoms with Crippen LogP contribution < -0.4 is 0 Å². The summed E-state index contributed by atoms with van der Waals surface area (Å²) in [4.78, 5) is 9.59. The van der Waals surface area contributed by atoms with Crippen molar-refractivity contribution >= 4 is 14.6 Å². The van der Waals surface area contributed by atoms with Gasteiger partial charge in [0.25, 0.3) is 0 Å². The Morgan fingerprint density at radius 2 is 1.70 bits per heavy atom. The van der Waals surface area contributed by atoms with Crippen molar-refractivity contribution in [2.45, 2.75) is 20.8 Å². The SMILES string of the molecule is CCPCC.COC(C)=O. The Morgan fingerprint density at radius 3 is 1.70 bits per heavy atom. The normalized spacial score (nSPS) is 7.60. The standard InChI is InChI=1S/C4H11P.C3H6O2/c1-3-5-4-2;1-3(4)5-2/h5H,3-4H2,1-2H3;1-2H3. The second-order valence-electron chi connectivity index (χ2n) is 1.65. The molecule has 62 valence electrons. The number of hydrogen-bond acceptors (Lipinski definition) is 2. The van der Waals surface area contributed by atoms with Crippen LogP contribution in [0, 0.1) is 0 Å². The van der Waals surface area contributed by atoms with Crippen LogP contribution in [0.25, 0.3) is 0 Å². The molecule has 0 saturated heterocycles. The number of methoxy groups -OCH3 is 1. The van der Waals surface area contributed by atoms with Gasteiger partial charge >= 0.3 is 5.97 Å². The van der Waals surface area contributed by atoms with E-state index < -0.39 is 0 Å². The molecular weight excluding hydrogens is 147 g/mol. The third-order valence-electron chi connectivity index (χ3n) is 0.787. The van der Waals surface area contributed by atoms with Crippen LogP contribution in [0.15, 0.2) is 0 Å². The Morgan fingerprint density at radius 1 is 1.40 bits per heavy atom. The summed E-state index contributed by atoms with van der Waals surface area (Å²) in [6.07, 6.45) is 2.74. The fraction of sp³-hybridized carbons (Fsp3) is 0.857. The van der Waals surface area contributed by atoms with Crippen LogP contribution in [-0.4, -0.2) is 25.4 Å². The maximum absolute atomic E-state index is 9.59. The fourth-order valence-electron chi connectivity index (χ4n) is 0.250. The average molecular weight is 164 g/mol. The third-order valence-corrected chi connectivity index (χ3v) is 1.79. The van der Waals surface area contributed by atoms with Gasteiger partial charge in [0.05, 0.1) is 7.11 Å². The molecule has 0 N–H and O–H groups in total. The summed E-state index contributed by atoms with van der Waals surface area (Å²) in [6.45, 7) is 5.81. The molecule has 0 aromatic carbocycles. The molecule has 0 atom stereocenters. The lowest BCUT2D eigenvalue weighted by Crippen LogP contribution is -1.88. The number of rotatable bonds is 2. The van der Waals surface area contributed by atoms with Gasteiger partial charge < -0.3 is 4.74 Å². The first-order valence-corrected chi connectivity index (χ1v) is 4.85. The van der Waals surface area contributed by atoms with Gasteiger partial charge in [0.1, 0.15) is 0 Å². The van der Waals surface area contributed by atoms with Crippen LogP contribution in [0.3, 0.4) is 0 Å². The third kappa shape index (κ3) is 24.7. The number of esters is 1. The van der Waals surface area contributed by atoms with Gasteiger partial charge in [-0.2, -0.15) is 0 Å². The van der Waals surface area contributed by atoms with Gasteiger partial charge in [-0.15, -0.1) is 8.58 Å². The van der Waals surface area contributed by atoms with Crippen LogP contribution in [-0.2, 0) is 9.53 Å². The lowest BCUT2D eigenvalue weighted by atomic mass is 10.8. The highest BCUT2D eigenvalue weighted by Crippen LogP contribution is 2.03. The highest BCUT2D eigenvalue weighted by atomic mass is 31.1. The highest BCUT2D eigenvalue weighted by molar-refractivity contribution is 7.37. The van der Waals surface area contributed by atoms with Gasteiger partial charge in [0.15, 0.2) is 0 Å². The zero-order chi connectivity index (χ0) is 8.41. The van der Waals surface area contributed by atoms with Gasteiger partial charge in [0.2, 0.25) is 0 Å². The number of ether oxygens (including phenoxy) is 1. The van der Waals surface area contributed by atoms with E-state index in [-0.39, 0.29) is 5.97 Å². The Balaban J connectivity index is 0. The number of carbonyl (C=O) groups is 1. The van der Waals surface area contributed by atoms with Gasteiger partial charge in [-0.25, -0.2) is 0 Å². The van der Waals surface area contributed by atoms with Gasteiger partial charge in [-0.05, 0) is 12.3 Å². The molecule has 0 bridgehead atoms. The molecule has 0 aromatic heterocycles. The van der Waals surface area contributed by atoms with Crippen molar-refractivity contribution in [1.29, 1.82) is 0 Å². The topological polar surface area (TPSA) is 26.3 Å². The molecule has 0 fully saturated rings. The highest BCUT2D eigenvalue weighted by Gasteiger charge is 1.75. The molecule has 0 unspecified atom stereocenters. The van der Waals surface area contributed by atoms with Crippen molar-refractivity contribution in [2.24, 2.45) is 0 Å². The molecule has 2 nitrogen and oxygen atoms in total. The first-order chi connectivity index (χ1) is 4.68. The zero-order valence-electron chi connectivity index (χ0n) is 7.23. The van der Waals surface area contributed by atoms with E-state index in [9.17, 15) is 4.79 Å². The van der Waals surface area contributed by atoms with E-state index in [1.807, 2.05) is 0 Å². The Bertz CT molecular complexity index is 72.0. The summed E-state index contributed by atoms with van der Waals surface area (Å²) in [5, 5.41) is 0. The molecular formula is C7H17O2P. The molecule has 0 spiro atoms. The van der Waals surface area contributed by atoms with Crippen molar-refractivity contribution < 1.29 is 9.53 Å². The Hall–Kier alpha value is -0.100. The molecule has 0 rings (SSSR count). The summed E-state index contributed by atoms with van der Waals surface area (Å²) in [6, 6.07) is 0. The van der Waals surface area contributed by atoms with Gasteiger partial charge in [0, 0.05) is 6.92 Å². The second-order valence-corrected chi connectivity index (χ2v) is 3.57. The fourth-order valence-corrected chi connectivity index (χ4v) is 0.750. The van der Waals surface area contributed by atoms with Crippen molar-refractivity contribution in [3.8, 4) is 0 Å². The largest absolute Gasteiger partial charge is 0.469 e. The Labute approximate surface area is 65.1 Å². The summed E-state index contributed by atoms with van der Waals surface area (Å²) < 4.78 is 4.11. The second kappa shape index (κ2) is 11.7. The minimum Gasteiger partial charge on any atom is -0.469 e. The lowest BCUT2D eigenvalue weighted by molar-refractivity contribution is -0.137. The van der Waals surface area contributed by atoms with E-state index in [1.165, 1.54) is 34.9 Å². The maximum atomic E-state index is 9.59. The summed E-state index contributed by atoms with van der Waals surface area (Å²) in [5.74, 6) is -0.245. The molecule has 0 radical (unpaired) electrons. The molecule has 0 heterocycles. The van der Waals surface area contributed by atoms with E-state index in [4.69, 9.17) is 0 Å². The van der Waals surface area contributed by atoms with Crippen LogP contribution in [0.4, 0.5) is 0 Å². The predicted molar refractivity (Wildman–Crippen MR) is 47.1 cm³/mol. The molecule has 0 aliphatic rings. The maximum Gasteiger partial charge on any atom is 0.302 e. The molecule has 0 aliphatic heterocycles. The van der Waals surface area contributed by atoms with E-state index in [1.54, 1.807) is 0 Å². The van der Waals surface area contributed by atoms with Crippen molar-refractivity contribution in [2.75, 3.05) is 19.4 Å². The van der Waals surface area contributed by atoms with Crippen LogP contribution in [0.1, 0.15) is 20.8 Å². The number of hydrogen-bond donors (Lipinski definition) is 0. The van der Waals surface area contributed by atoms with Crippen molar-refractivity contribution in [3.05, 3.63) is 0 Å². The van der Waals surface area contributed by atoms with Crippen LogP contribution >= 0.6 is 8.58 Å². The summed E-state index contributed by atoms with van der Waals surface area (Å²) in [5.41, 5.74) is 0. The number of carbonyl (C=O) groups excluding carboxylic acids is 1. The van der Waals surface area contributed by atoms with E-state index in [0.717, 1.165) is 0 Å². The average Bonchev–Trinajstić information content (AvgIpc) is 1.91. The van der Waals surface area contributed by atoms with E-state index in [2.05, 4.69) is 18.6 Å². The van der Waals surface area contributed by atoms with E-state index in [0.29, 0.717) is 0 Å². The van der Waals surface area contributed by atoms with Crippen LogP contribution in [0.5, 0.6) is 0 Å². The predicted octanol–water partition coefficient (Wildman–Crippen LogP) is 1.88. The van der Waals surface area contributed by atoms with Crippen molar-refractivity contribution in [3.63, 3.8) is 0 Å². The molecule has 3 heteroatoms. The van der Waals surface area contributed by atoms with Crippen molar-refractivity contribution in [1.82, 2.24) is 0 Å². The zero-order valence-corrected chi connectivity index (χ0v) is 8.23. The first kappa shape index (κ1) is 12.6. The van der Waals surface area contributed by atoms with Crippen LogP contribution in [0.2, 0.25) is 0 Å². The smallest absolute Gasteiger partial charge is 0.302 e. The monoisotopic (exact) mass is 164 g/mol. The molecule has 0 aliphatic carbocycles. The lowest BCUT2D eigenvalue weighted by Gasteiger charge is -1.80. The molecule has 10 heavy (non-hydrogen) atoms. The Kier molecular flexibility index (Phi) is 14.7. The summed E-state index contributed by atoms with van der Waals surface area (Å²) >= 11 is 0. The van der Waals surface area contributed by atoms with E-state index >= 15 is 0 Å². The quantitative estimate of drug-likeness (QED) is 0.460. The van der Waals surface area contributed by atoms with Gasteiger partial charge in [-0.3, -0.25) is 4.79 Å². The van der Waals surface area contributed by atoms with Gasteiger partial charge in [-0.1, -0.05) is 13.8 Å². The molecule has 0 saturated carbocycles. The first-order valence-electron chi connectivity index (χ1n) is 3.44.